The number of carboxylic acids is 1. The highest BCUT2D eigenvalue weighted by Gasteiger charge is 2.24. The summed E-state index contributed by atoms with van der Waals surface area (Å²) in [7, 11) is 1.43. The lowest BCUT2D eigenvalue weighted by atomic mass is 10.0. The van der Waals surface area contributed by atoms with E-state index in [2.05, 4.69) is 15.5 Å². The number of H-pyrrole nitrogens is 1. The molecule has 0 bridgehead atoms. The van der Waals surface area contributed by atoms with E-state index in [1.807, 2.05) is 0 Å². The zero-order valence-corrected chi connectivity index (χ0v) is 17.7. The zero-order valence-electron chi connectivity index (χ0n) is 16.2. The first-order valence-corrected chi connectivity index (χ1v) is 9.76. The molecule has 1 amide bonds. The van der Waals surface area contributed by atoms with Gasteiger partial charge in [0.15, 0.2) is 5.75 Å². The van der Waals surface area contributed by atoms with Crippen LogP contribution in [0.1, 0.15) is 15.9 Å². The maximum absolute atomic E-state index is 12.5. The lowest BCUT2D eigenvalue weighted by Crippen LogP contribution is -2.42. The lowest BCUT2D eigenvalue weighted by Gasteiger charge is -2.16. The number of hydrogen-bond donors (Lipinski definition) is 3. The van der Waals surface area contributed by atoms with Crippen LogP contribution in [0, 0.1) is 0 Å². The number of aromatic amines is 1. The van der Waals surface area contributed by atoms with E-state index in [1.165, 1.54) is 25.4 Å². The minimum Gasteiger partial charge on any atom is -0.494 e. The van der Waals surface area contributed by atoms with Crippen LogP contribution in [0.4, 0.5) is 0 Å². The third-order valence-corrected chi connectivity index (χ3v) is 5.15. The van der Waals surface area contributed by atoms with E-state index < -0.39 is 23.5 Å². The first-order valence-electron chi connectivity index (χ1n) is 9.00. The van der Waals surface area contributed by atoms with Crippen LogP contribution in [-0.4, -0.2) is 40.3 Å². The van der Waals surface area contributed by atoms with E-state index in [9.17, 15) is 19.5 Å². The average Bonchev–Trinajstić information content (AvgIpc) is 2.73. The van der Waals surface area contributed by atoms with E-state index in [0.717, 1.165) is 0 Å². The third-order valence-electron chi connectivity index (χ3n) is 4.52. The van der Waals surface area contributed by atoms with Gasteiger partial charge in [-0.3, -0.25) is 9.59 Å². The number of rotatable bonds is 7. The van der Waals surface area contributed by atoms with Crippen molar-refractivity contribution >= 4 is 35.1 Å². The van der Waals surface area contributed by atoms with Crippen molar-refractivity contribution in [3.63, 3.8) is 0 Å². The maximum atomic E-state index is 12.5. The van der Waals surface area contributed by atoms with Crippen molar-refractivity contribution in [2.45, 2.75) is 12.5 Å². The number of methoxy groups -OCH3 is 1. The van der Waals surface area contributed by atoms with Gasteiger partial charge in [0.05, 0.1) is 34.5 Å². The molecule has 0 spiro atoms. The highest BCUT2D eigenvalue weighted by molar-refractivity contribution is 6.39. The number of carbonyl (C=O) groups is 2. The van der Waals surface area contributed by atoms with Gasteiger partial charge in [-0.2, -0.15) is 5.10 Å². The second-order valence-corrected chi connectivity index (χ2v) is 7.32. The molecule has 3 aromatic rings. The number of carbonyl (C=O) groups excluding carboxylic acids is 1. The Hall–Kier alpha value is -3.36. The molecule has 8 nitrogen and oxygen atoms in total. The summed E-state index contributed by atoms with van der Waals surface area (Å²) in [5.41, 5.74) is 1.10. The molecule has 160 valence electrons. The Kier molecular flexibility index (Phi) is 6.94. The van der Waals surface area contributed by atoms with Crippen LogP contribution in [0.3, 0.4) is 0 Å². The minimum absolute atomic E-state index is 0.00720. The molecule has 3 N–H and O–H groups in total. The first kappa shape index (κ1) is 22.3. The minimum atomic E-state index is -1.22. The van der Waals surface area contributed by atoms with E-state index in [1.54, 1.807) is 30.3 Å². The van der Waals surface area contributed by atoms with Crippen LogP contribution in [0.2, 0.25) is 10.0 Å². The Morgan fingerprint density at radius 1 is 1.16 bits per heavy atom. The summed E-state index contributed by atoms with van der Waals surface area (Å²) < 4.78 is 5.18. The smallest absolute Gasteiger partial charge is 0.326 e. The maximum Gasteiger partial charge on any atom is 0.326 e. The molecule has 10 heteroatoms. The van der Waals surface area contributed by atoms with Crippen LogP contribution in [0.15, 0.2) is 53.5 Å². The van der Waals surface area contributed by atoms with Crippen molar-refractivity contribution in [2.24, 2.45) is 0 Å². The number of carboxylic acid groups (broad SMARTS) is 1. The summed E-state index contributed by atoms with van der Waals surface area (Å²) in [6.07, 6.45) is 1.40. The lowest BCUT2D eigenvalue weighted by molar-refractivity contribution is -0.139. The van der Waals surface area contributed by atoms with Gasteiger partial charge in [-0.05, 0) is 23.3 Å². The molecule has 31 heavy (non-hydrogen) atoms. The second kappa shape index (κ2) is 9.63. The third kappa shape index (κ3) is 5.04. The van der Waals surface area contributed by atoms with Crippen molar-refractivity contribution in [3.8, 4) is 16.9 Å². The van der Waals surface area contributed by atoms with Gasteiger partial charge in [-0.25, -0.2) is 9.89 Å². The van der Waals surface area contributed by atoms with Crippen LogP contribution in [0.25, 0.3) is 11.1 Å². The van der Waals surface area contributed by atoms with Crippen molar-refractivity contribution < 1.29 is 19.4 Å². The quantitative estimate of drug-likeness (QED) is 0.496. The van der Waals surface area contributed by atoms with Crippen molar-refractivity contribution in [2.75, 3.05) is 7.11 Å². The van der Waals surface area contributed by atoms with Gasteiger partial charge in [-0.1, -0.05) is 53.5 Å². The monoisotopic (exact) mass is 461 g/mol. The number of aromatic nitrogens is 2. The summed E-state index contributed by atoms with van der Waals surface area (Å²) in [5.74, 6) is -1.59. The predicted octanol–water partition coefficient (Wildman–Crippen LogP) is 3.18. The molecule has 0 saturated carbocycles. The number of amides is 1. The molecule has 0 saturated heterocycles. The molecular weight excluding hydrogens is 445 g/mol. The number of nitrogens with zero attached hydrogens (tertiary/aromatic N) is 1. The molecular formula is C21H17Cl2N3O5. The largest absolute Gasteiger partial charge is 0.494 e. The summed E-state index contributed by atoms with van der Waals surface area (Å²) in [6.45, 7) is 0. The molecule has 2 aromatic carbocycles. The molecule has 1 aromatic heterocycles. The van der Waals surface area contributed by atoms with E-state index in [4.69, 9.17) is 27.9 Å². The van der Waals surface area contributed by atoms with Gasteiger partial charge in [0.1, 0.15) is 6.04 Å². The second-order valence-electron chi connectivity index (χ2n) is 6.50. The summed E-state index contributed by atoms with van der Waals surface area (Å²) >= 11 is 12.1. The SMILES string of the molecule is COc1cn[nH]c(=O)c1-c1ccc(C[C@H](NC(=O)c2c(Cl)cccc2Cl)C(=O)O)cc1. The van der Waals surface area contributed by atoms with Crippen LogP contribution in [-0.2, 0) is 11.2 Å². The number of aliphatic carboxylic acids is 1. The van der Waals surface area contributed by atoms with Gasteiger partial charge in [0, 0.05) is 6.42 Å². The van der Waals surface area contributed by atoms with Gasteiger partial charge in [0.25, 0.3) is 11.5 Å². The van der Waals surface area contributed by atoms with Gasteiger partial charge < -0.3 is 15.2 Å². The van der Waals surface area contributed by atoms with E-state index in [0.29, 0.717) is 22.4 Å². The fraction of sp³-hybridized carbons (Fsp3) is 0.143. The first-order chi connectivity index (χ1) is 14.8. The van der Waals surface area contributed by atoms with Crippen molar-refractivity contribution in [3.05, 3.63) is 80.2 Å². The Morgan fingerprint density at radius 3 is 2.39 bits per heavy atom. The Morgan fingerprint density at radius 2 is 1.81 bits per heavy atom. The Balaban J connectivity index is 1.81. The normalized spacial score (nSPS) is 11.6. The van der Waals surface area contributed by atoms with Crippen LogP contribution < -0.4 is 15.6 Å². The van der Waals surface area contributed by atoms with Crippen LogP contribution >= 0.6 is 23.2 Å². The molecule has 0 aliphatic heterocycles. The standard InChI is InChI=1S/C21H17Cl2N3O5/c1-31-16-10-24-26-20(28)17(16)12-7-5-11(6-8-12)9-15(21(29)30)25-19(27)18-13(22)3-2-4-14(18)23/h2-8,10,15H,9H2,1H3,(H,25,27)(H,26,28)(H,29,30)/t15-/m0/s1. The zero-order chi connectivity index (χ0) is 22.5. The van der Waals surface area contributed by atoms with E-state index >= 15 is 0 Å². The molecule has 1 atom stereocenters. The van der Waals surface area contributed by atoms with E-state index in [-0.39, 0.29) is 22.0 Å². The molecule has 0 aliphatic carbocycles. The van der Waals surface area contributed by atoms with Crippen molar-refractivity contribution in [1.82, 2.24) is 15.5 Å². The highest BCUT2D eigenvalue weighted by Crippen LogP contribution is 2.26. The fourth-order valence-corrected chi connectivity index (χ4v) is 3.57. The molecule has 3 rings (SSSR count). The predicted molar refractivity (Wildman–Crippen MR) is 116 cm³/mol. The number of nitrogens with one attached hydrogen (secondary N) is 2. The topological polar surface area (TPSA) is 121 Å². The van der Waals surface area contributed by atoms with Gasteiger partial charge in [0.2, 0.25) is 0 Å². The van der Waals surface area contributed by atoms with Gasteiger partial charge in [-0.15, -0.1) is 0 Å². The Bertz CT molecular complexity index is 1160. The Labute approximate surface area is 186 Å². The van der Waals surface area contributed by atoms with Crippen LogP contribution in [0.5, 0.6) is 5.75 Å². The molecule has 0 radical (unpaired) electrons. The fourth-order valence-electron chi connectivity index (χ4n) is 3.00. The summed E-state index contributed by atoms with van der Waals surface area (Å²) in [4.78, 5) is 36.4. The highest BCUT2D eigenvalue weighted by atomic mass is 35.5. The summed E-state index contributed by atoms with van der Waals surface area (Å²) in [5, 5.41) is 18.3. The molecule has 0 fully saturated rings. The molecule has 1 heterocycles. The summed E-state index contributed by atoms with van der Waals surface area (Å²) in [6, 6.07) is 10.0. The van der Waals surface area contributed by atoms with Crippen molar-refractivity contribution in [1.29, 1.82) is 0 Å². The number of ether oxygens (including phenoxy) is 1. The molecule has 0 aliphatic rings. The number of benzene rings is 2. The number of hydrogen-bond acceptors (Lipinski definition) is 5. The number of halogens is 2. The average molecular weight is 462 g/mol. The van der Waals surface area contributed by atoms with Gasteiger partial charge >= 0.3 is 5.97 Å². The molecule has 0 unspecified atom stereocenters.